The molecule has 2 saturated heterocycles. The number of aliphatic carboxylic acids is 1. The average molecular weight is 258 g/mol. The van der Waals surface area contributed by atoms with Gasteiger partial charge in [0.1, 0.15) is 17.8 Å². The predicted molar refractivity (Wildman–Crippen MR) is 58.8 cm³/mol. The Bertz CT molecular complexity index is 381. The van der Waals surface area contributed by atoms with Gasteiger partial charge in [-0.15, -0.1) is 0 Å². The number of hydrogen-bond acceptors (Lipinski definition) is 5. The molecule has 2 heterocycles. The summed E-state index contributed by atoms with van der Waals surface area (Å²) in [6.07, 6.45) is 0.00168. The number of ether oxygens (including phenoxy) is 4. The van der Waals surface area contributed by atoms with Crippen LogP contribution >= 0.6 is 0 Å². The van der Waals surface area contributed by atoms with Crippen LogP contribution in [0.1, 0.15) is 26.7 Å². The van der Waals surface area contributed by atoms with E-state index in [2.05, 4.69) is 0 Å². The number of rotatable bonds is 2. The second-order valence-electron chi connectivity index (χ2n) is 5.63. The Morgan fingerprint density at radius 3 is 2.56 bits per heavy atom. The molecule has 2 aliphatic heterocycles. The normalized spacial score (nSPS) is 49.1. The van der Waals surface area contributed by atoms with Crippen LogP contribution in [0.15, 0.2) is 0 Å². The van der Waals surface area contributed by atoms with E-state index in [4.69, 9.17) is 18.9 Å². The lowest BCUT2D eigenvalue weighted by atomic mass is 9.66. The van der Waals surface area contributed by atoms with Crippen LogP contribution in [-0.2, 0) is 23.7 Å². The SMILES string of the molecule is CO[C@@H]1O[C@@]2(CCC2C(=O)O)[C@@H]2OC(C)(C)OC12. The molecule has 2 unspecified atom stereocenters. The molecule has 18 heavy (non-hydrogen) atoms. The highest BCUT2D eigenvalue weighted by Crippen LogP contribution is 2.55. The highest BCUT2D eigenvalue weighted by Gasteiger charge is 2.70. The fourth-order valence-corrected chi connectivity index (χ4v) is 3.29. The quantitative estimate of drug-likeness (QED) is 0.787. The number of hydrogen-bond donors (Lipinski definition) is 1. The van der Waals surface area contributed by atoms with Gasteiger partial charge in [-0.25, -0.2) is 0 Å². The van der Waals surface area contributed by atoms with Crippen LogP contribution in [0.2, 0.25) is 0 Å². The lowest BCUT2D eigenvalue weighted by Crippen LogP contribution is -2.58. The van der Waals surface area contributed by atoms with Gasteiger partial charge in [-0.1, -0.05) is 0 Å². The van der Waals surface area contributed by atoms with E-state index in [1.807, 2.05) is 13.8 Å². The topological polar surface area (TPSA) is 74.2 Å². The number of methoxy groups -OCH3 is 1. The maximum absolute atomic E-state index is 11.3. The minimum Gasteiger partial charge on any atom is -0.481 e. The van der Waals surface area contributed by atoms with E-state index < -0.39 is 29.6 Å². The van der Waals surface area contributed by atoms with Gasteiger partial charge in [-0.3, -0.25) is 4.79 Å². The molecule has 0 radical (unpaired) electrons. The molecule has 0 aromatic rings. The van der Waals surface area contributed by atoms with Crippen LogP contribution in [0.25, 0.3) is 0 Å². The zero-order valence-electron chi connectivity index (χ0n) is 10.7. The Kier molecular flexibility index (Phi) is 2.51. The smallest absolute Gasteiger partial charge is 0.309 e. The summed E-state index contributed by atoms with van der Waals surface area (Å²) in [5, 5.41) is 9.25. The Balaban J connectivity index is 1.91. The lowest BCUT2D eigenvalue weighted by molar-refractivity contribution is -0.278. The predicted octanol–water partition coefficient (Wildman–Crippen LogP) is 0.743. The Labute approximate surface area is 105 Å². The number of carboxylic acids is 1. The van der Waals surface area contributed by atoms with Gasteiger partial charge in [0.2, 0.25) is 0 Å². The van der Waals surface area contributed by atoms with Crippen LogP contribution in [-0.4, -0.2) is 48.1 Å². The van der Waals surface area contributed by atoms with Gasteiger partial charge >= 0.3 is 5.97 Å². The van der Waals surface area contributed by atoms with Gasteiger partial charge in [0.05, 0.1) is 5.92 Å². The summed E-state index contributed by atoms with van der Waals surface area (Å²) >= 11 is 0. The molecule has 6 heteroatoms. The molecule has 0 amide bonds. The molecule has 0 aromatic heterocycles. The molecule has 0 bridgehead atoms. The Morgan fingerprint density at radius 1 is 1.33 bits per heavy atom. The van der Waals surface area contributed by atoms with Crippen molar-refractivity contribution in [3.63, 3.8) is 0 Å². The van der Waals surface area contributed by atoms with Crippen molar-refractivity contribution in [2.75, 3.05) is 7.11 Å². The van der Waals surface area contributed by atoms with Gasteiger partial charge in [0.25, 0.3) is 0 Å². The van der Waals surface area contributed by atoms with E-state index in [-0.39, 0.29) is 12.2 Å². The van der Waals surface area contributed by atoms with Crippen molar-refractivity contribution in [3.05, 3.63) is 0 Å². The molecular weight excluding hydrogens is 240 g/mol. The van der Waals surface area contributed by atoms with E-state index in [0.717, 1.165) is 0 Å². The summed E-state index contributed by atoms with van der Waals surface area (Å²) in [5.74, 6) is -2.10. The van der Waals surface area contributed by atoms with E-state index in [1.165, 1.54) is 7.11 Å². The van der Waals surface area contributed by atoms with Crippen LogP contribution in [0.4, 0.5) is 0 Å². The first-order valence-electron chi connectivity index (χ1n) is 6.19. The molecule has 1 spiro atoms. The molecule has 102 valence electrons. The van der Waals surface area contributed by atoms with Gasteiger partial charge in [-0.05, 0) is 26.7 Å². The third-order valence-corrected chi connectivity index (χ3v) is 4.16. The van der Waals surface area contributed by atoms with E-state index >= 15 is 0 Å². The lowest BCUT2D eigenvalue weighted by Gasteiger charge is -2.46. The van der Waals surface area contributed by atoms with E-state index in [1.54, 1.807) is 0 Å². The average Bonchev–Trinajstić information content (AvgIpc) is 2.67. The van der Waals surface area contributed by atoms with Gasteiger partial charge in [0, 0.05) is 7.11 Å². The van der Waals surface area contributed by atoms with Crippen LogP contribution in [0.3, 0.4) is 0 Å². The molecule has 3 aliphatic rings. The first kappa shape index (κ1) is 12.3. The van der Waals surface area contributed by atoms with Gasteiger partial charge in [0.15, 0.2) is 12.1 Å². The Hall–Kier alpha value is -0.690. The zero-order chi connectivity index (χ0) is 13.1. The summed E-state index contributed by atoms with van der Waals surface area (Å²) < 4.78 is 22.7. The fraction of sp³-hybridized carbons (Fsp3) is 0.917. The number of fused-ring (bicyclic) bond motifs is 2. The molecule has 1 N–H and O–H groups in total. The molecule has 5 atom stereocenters. The fourth-order valence-electron chi connectivity index (χ4n) is 3.29. The van der Waals surface area contributed by atoms with Gasteiger partial charge in [-0.2, -0.15) is 0 Å². The third-order valence-electron chi connectivity index (χ3n) is 4.16. The van der Waals surface area contributed by atoms with Crippen LogP contribution in [0.5, 0.6) is 0 Å². The highest BCUT2D eigenvalue weighted by molar-refractivity contribution is 5.73. The summed E-state index contributed by atoms with van der Waals surface area (Å²) in [5.41, 5.74) is -0.787. The van der Waals surface area contributed by atoms with Crippen molar-refractivity contribution >= 4 is 5.97 Å². The van der Waals surface area contributed by atoms with Crippen LogP contribution in [0, 0.1) is 5.92 Å². The maximum Gasteiger partial charge on any atom is 0.309 e. The molecule has 3 rings (SSSR count). The minimum absolute atomic E-state index is 0.354. The van der Waals surface area contributed by atoms with Crippen molar-refractivity contribution in [2.45, 2.75) is 56.6 Å². The monoisotopic (exact) mass is 258 g/mol. The maximum atomic E-state index is 11.3. The van der Waals surface area contributed by atoms with E-state index in [9.17, 15) is 9.90 Å². The molecular formula is C12H18O6. The Morgan fingerprint density at radius 2 is 2.06 bits per heavy atom. The van der Waals surface area contributed by atoms with Crippen LogP contribution < -0.4 is 0 Å². The largest absolute Gasteiger partial charge is 0.481 e. The van der Waals surface area contributed by atoms with Crippen molar-refractivity contribution in [1.29, 1.82) is 0 Å². The summed E-state index contributed by atoms with van der Waals surface area (Å²) in [6, 6.07) is 0. The van der Waals surface area contributed by atoms with Crippen molar-refractivity contribution in [2.24, 2.45) is 5.92 Å². The summed E-state index contributed by atoms with van der Waals surface area (Å²) in [6.45, 7) is 3.64. The third kappa shape index (κ3) is 1.46. The summed E-state index contributed by atoms with van der Waals surface area (Å²) in [7, 11) is 1.53. The molecule has 1 aliphatic carbocycles. The standard InChI is InChI=1S/C12H18O6/c1-11(2)16-7-8(17-11)12(18-10(7)15-3)5-4-6(12)9(13)14/h6-8,10H,4-5H2,1-3H3,(H,13,14)/t6?,7?,8-,10-,12-/m1/s1. The van der Waals surface area contributed by atoms with Crippen molar-refractivity contribution < 1.29 is 28.8 Å². The molecule has 0 aromatic carbocycles. The molecule has 3 fully saturated rings. The number of carbonyl (C=O) groups is 1. The van der Waals surface area contributed by atoms with Gasteiger partial charge < -0.3 is 24.1 Å². The summed E-state index contributed by atoms with van der Waals surface area (Å²) in [4.78, 5) is 11.3. The van der Waals surface area contributed by atoms with E-state index in [0.29, 0.717) is 12.8 Å². The first-order chi connectivity index (χ1) is 8.39. The second kappa shape index (κ2) is 3.66. The minimum atomic E-state index is -0.843. The van der Waals surface area contributed by atoms with Crippen molar-refractivity contribution in [1.82, 2.24) is 0 Å². The molecule has 1 saturated carbocycles. The zero-order valence-corrected chi connectivity index (χ0v) is 10.7. The second-order valence-corrected chi connectivity index (χ2v) is 5.63. The first-order valence-corrected chi connectivity index (χ1v) is 6.19. The molecule has 6 nitrogen and oxygen atoms in total. The number of carboxylic acid groups (broad SMARTS) is 1. The van der Waals surface area contributed by atoms with Crippen molar-refractivity contribution in [3.8, 4) is 0 Å². The highest BCUT2D eigenvalue weighted by atomic mass is 16.8.